The van der Waals surface area contributed by atoms with E-state index >= 15 is 0 Å². The van der Waals surface area contributed by atoms with Gasteiger partial charge in [0.25, 0.3) is 5.91 Å². The summed E-state index contributed by atoms with van der Waals surface area (Å²) < 4.78 is 6.02. The minimum atomic E-state index is -0.366. The second kappa shape index (κ2) is 9.45. The Labute approximate surface area is 166 Å². The predicted molar refractivity (Wildman–Crippen MR) is 110 cm³/mol. The number of benzene rings is 2. The van der Waals surface area contributed by atoms with Crippen LogP contribution < -0.4 is 21.0 Å². The molecule has 2 aromatic rings. The molecule has 1 aliphatic rings. The number of ether oxygens (including phenoxy) is 1. The van der Waals surface area contributed by atoms with E-state index in [0.29, 0.717) is 6.42 Å². The number of methoxy groups -OCH3 is 1. The van der Waals surface area contributed by atoms with Crippen LogP contribution in [0.2, 0.25) is 0 Å². The molecule has 1 amide bonds. The summed E-state index contributed by atoms with van der Waals surface area (Å²) >= 11 is 3.42. The first kappa shape index (κ1) is 19.3. The first-order valence-electron chi connectivity index (χ1n) is 8.56. The summed E-state index contributed by atoms with van der Waals surface area (Å²) in [4.78, 5) is 12.3. The Morgan fingerprint density at radius 1 is 1.22 bits per heavy atom. The zero-order valence-corrected chi connectivity index (χ0v) is 16.4. The fourth-order valence-electron chi connectivity index (χ4n) is 2.79. The van der Waals surface area contributed by atoms with Crippen molar-refractivity contribution in [2.45, 2.75) is 18.5 Å². The Morgan fingerprint density at radius 3 is 2.81 bits per heavy atom. The number of halogens is 1. The van der Waals surface area contributed by atoms with E-state index in [-0.39, 0.29) is 18.0 Å². The summed E-state index contributed by atoms with van der Waals surface area (Å²) in [6.45, 7) is 0. The van der Waals surface area contributed by atoms with E-state index in [2.05, 4.69) is 37.3 Å². The van der Waals surface area contributed by atoms with Gasteiger partial charge in [-0.05, 0) is 51.7 Å². The van der Waals surface area contributed by atoms with Crippen molar-refractivity contribution < 1.29 is 9.53 Å². The van der Waals surface area contributed by atoms with E-state index in [1.165, 1.54) is 0 Å². The summed E-state index contributed by atoms with van der Waals surface area (Å²) in [5, 5.41) is 4.01. The number of hydrazine groups is 1. The number of amides is 1. The molecular formula is C20H21BrN4O2. The van der Waals surface area contributed by atoms with Crippen LogP contribution in [0.4, 0.5) is 0 Å². The predicted octanol–water partition coefficient (Wildman–Crippen LogP) is 3.14. The highest BCUT2D eigenvalue weighted by atomic mass is 79.9. The SMILES string of the molecule is COc1cccc(C2CC(C(=O)N/N=C/C(Br)=C/c3ccccc3)NN2)c1. The molecule has 0 bridgehead atoms. The molecule has 0 radical (unpaired) electrons. The first-order chi connectivity index (χ1) is 13.2. The van der Waals surface area contributed by atoms with E-state index in [1.807, 2.05) is 60.7 Å². The maximum absolute atomic E-state index is 12.3. The van der Waals surface area contributed by atoms with Gasteiger partial charge in [0.15, 0.2) is 0 Å². The maximum atomic E-state index is 12.3. The Morgan fingerprint density at radius 2 is 2.04 bits per heavy atom. The molecule has 2 aromatic carbocycles. The van der Waals surface area contributed by atoms with Crippen LogP contribution in [-0.4, -0.2) is 25.3 Å². The number of allylic oxidation sites excluding steroid dienone is 1. The average Bonchev–Trinajstić information content (AvgIpc) is 3.19. The van der Waals surface area contributed by atoms with Crippen LogP contribution in [-0.2, 0) is 4.79 Å². The van der Waals surface area contributed by atoms with Gasteiger partial charge in [-0.2, -0.15) is 5.10 Å². The van der Waals surface area contributed by atoms with Crippen molar-refractivity contribution in [3.05, 3.63) is 70.2 Å². The van der Waals surface area contributed by atoms with Gasteiger partial charge >= 0.3 is 0 Å². The highest BCUT2D eigenvalue weighted by Crippen LogP contribution is 2.25. The number of hydrazone groups is 1. The fraction of sp³-hybridized carbons (Fsp3) is 0.200. The Balaban J connectivity index is 1.52. The molecule has 0 saturated carbocycles. The van der Waals surface area contributed by atoms with Crippen LogP contribution in [0.15, 0.2) is 64.2 Å². The summed E-state index contributed by atoms with van der Waals surface area (Å²) in [5.74, 6) is 0.603. The van der Waals surface area contributed by atoms with Crippen molar-refractivity contribution >= 4 is 34.1 Å². The Bertz CT molecular complexity index is 839. The van der Waals surface area contributed by atoms with E-state index < -0.39 is 0 Å². The quantitative estimate of drug-likeness (QED) is 0.487. The molecule has 2 unspecified atom stereocenters. The van der Waals surface area contributed by atoms with Gasteiger partial charge in [0.1, 0.15) is 11.8 Å². The molecular weight excluding hydrogens is 408 g/mol. The highest BCUT2D eigenvalue weighted by Gasteiger charge is 2.30. The van der Waals surface area contributed by atoms with E-state index in [0.717, 1.165) is 21.4 Å². The number of rotatable bonds is 6. The summed E-state index contributed by atoms with van der Waals surface area (Å²) in [5.41, 5.74) is 10.8. The second-order valence-electron chi connectivity index (χ2n) is 6.08. The molecule has 140 valence electrons. The monoisotopic (exact) mass is 428 g/mol. The van der Waals surface area contributed by atoms with Gasteiger partial charge < -0.3 is 4.74 Å². The van der Waals surface area contributed by atoms with Crippen LogP contribution in [0, 0.1) is 0 Å². The zero-order chi connectivity index (χ0) is 19.1. The van der Waals surface area contributed by atoms with Crippen molar-refractivity contribution in [2.75, 3.05) is 7.11 Å². The van der Waals surface area contributed by atoms with Gasteiger partial charge in [-0.1, -0.05) is 42.5 Å². The van der Waals surface area contributed by atoms with Crippen LogP contribution in [0.5, 0.6) is 5.75 Å². The second-order valence-corrected chi connectivity index (χ2v) is 7.00. The Hall–Kier alpha value is -2.48. The number of nitrogens with one attached hydrogen (secondary N) is 3. The van der Waals surface area contributed by atoms with E-state index in [4.69, 9.17) is 4.74 Å². The lowest BCUT2D eigenvalue weighted by molar-refractivity contribution is -0.122. The molecule has 0 aromatic heterocycles. The molecule has 6 nitrogen and oxygen atoms in total. The lowest BCUT2D eigenvalue weighted by Crippen LogP contribution is -2.41. The van der Waals surface area contributed by atoms with Crippen molar-refractivity contribution in [1.29, 1.82) is 0 Å². The maximum Gasteiger partial charge on any atom is 0.258 e. The molecule has 2 atom stereocenters. The topological polar surface area (TPSA) is 74.8 Å². The van der Waals surface area contributed by atoms with E-state index in [1.54, 1.807) is 13.3 Å². The van der Waals surface area contributed by atoms with Crippen molar-refractivity contribution in [1.82, 2.24) is 16.3 Å². The van der Waals surface area contributed by atoms with E-state index in [9.17, 15) is 4.79 Å². The minimum absolute atomic E-state index is 0.0320. The lowest BCUT2D eigenvalue weighted by atomic mass is 10.0. The summed E-state index contributed by atoms with van der Waals surface area (Å²) in [6.07, 6.45) is 4.10. The van der Waals surface area contributed by atoms with Crippen molar-refractivity contribution in [3.63, 3.8) is 0 Å². The molecule has 1 saturated heterocycles. The minimum Gasteiger partial charge on any atom is -0.497 e. The van der Waals surface area contributed by atoms with Crippen LogP contribution in [0.25, 0.3) is 6.08 Å². The molecule has 1 fully saturated rings. The Kier molecular flexibility index (Phi) is 6.75. The highest BCUT2D eigenvalue weighted by molar-refractivity contribution is 9.12. The smallest absolute Gasteiger partial charge is 0.258 e. The summed E-state index contributed by atoms with van der Waals surface area (Å²) in [6, 6.07) is 17.3. The number of carbonyl (C=O) groups excluding carboxylic acids is 1. The largest absolute Gasteiger partial charge is 0.497 e. The van der Waals surface area contributed by atoms with Gasteiger partial charge in [0.2, 0.25) is 0 Å². The van der Waals surface area contributed by atoms with Crippen LogP contribution in [0.1, 0.15) is 23.6 Å². The van der Waals surface area contributed by atoms with Crippen molar-refractivity contribution in [2.24, 2.45) is 5.10 Å². The molecule has 0 spiro atoms. The molecule has 0 aliphatic carbocycles. The molecule has 1 aliphatic heterocycles. The van der Waals surface area contributed by atoms with Gasteiger partial charge in [-0.3, -0.25) is 4.79 Å². The fourth-order valence-corrected chi connectivity index (χ4v) is 3.15. The number of carbonyl (C=O) groups is 1. The third kappa shape index (κ3) is 5.50. The van der Waals surface area contributed by atoms with Crippen molar-refractivity contribution in [3.8, 4) is 5.75 Å². The third-order valence-corrected chi connectivity index (χ3v) is 4.62. The standard InChI is InChI=1S/C20H21BrN4O2/c1-27-17-9-5-8-15(11-17)18-12-19(24-23-18)20(26)25-22-13-16(21)10-14-6-3-2-4-7-14/h2-11,13,18-19,23-24H,12H2,1H3,(H,25,26)/b16-10-,22-13+. The van der Waals surface area contributed by atoms with Crippen LogP contribution in [0.3, 0.4) is 0 Å². The third-order valence-electron chi connectivity index (χ3n) is 4.18. The molecule has 27 heavy (non-hydrogen) atoms. The molecule has 1 heterocycles. The number of nitrogens with zero attached hydrogens (tertiary/aromatic N) is 1. The first-order valence-corrected chi connectivity index (χ1v) is 9.35. The lowest BCUT2D eigenvalue weighted by Gasteiger charge is -2.10. The van der Waals surface area contributed by atoms with Gasteiger partial charge in [-0.25, -0.2) is 16.3 Å². The van der Waals surface area contributed by atoms with Gasteiger partial charge in [-0.15, -0.1) is 0 Å². The normalized spacial score (nSPS) is 20.0. The molecule has 3 N–H and O–H groups in total. The summed E-state index contributed by atoms with van der Waals surface area (Å²) in [7, 11) is 1.64. The number of hydrogen-bond donors (Lipinski definition) is 3. The zero-order valence-electron chi connectivity index (χ0n) is 14.9. The number of hydrogen-bond acceptors (Lipinski definition) is 5. The van der Waals surface area contributed by atoms with Crippen LogP contribution >= 0.6 is 15.9 Å². The van der Waals surface area contributed by atoms with Gasteiger partial charge in [0.05, 0.1) is 13.3 Å². The molecule has 3 rings (SSSR count). The molecule has 7 heteroatoms. The average molecular weight is 429 g/mol. The van der Waals surface area contributed by atoms with Gasteiger partial charge in [0, 0.05) is 10.5 Å².